The molecule has 0 spiro atoms. The van der Waals surface area contributed by atoms with Crippen molar-refractivity contribution in [2.75, 3.05) is 26.2 Å². The molecule has 1 aliphatic carbocycles. The van der Waals surface area contributed by atoms with Crippen LogP contribution in [0.1, 0.15) is 50.5 Å². The summed E-state index contributed by atoms with van der Waals surface area (Å²) in [6.07, 6.45) is 7.03. The Morgan fingerprint density at radius 3 is 2.57 bits per heavy atom. The van der Waals surface area contributed by atoms with Crippen LogP contribution in [0.15, 0.2) is 30.3 Å². The molecule has 2 heterocycles. The van der Waals surface area contributed by atoms with E-state index in [4.69, 9.17) is 0 Å². The van der Waals surface area contributed by atoms with Crippen molar-refractivity contribution in [2.24, 2.45) is 0 Å². The van der Waals surface area contributed by atoms with Crippen molar-refractivity contribution in [1.29, 1.82) is 0 Å². The van der Waals surface area contributed by atoms with Gasteiger partial charge in [-0.25, -0.2) is 4.79 Å². The van der Waals surface area contributed by atoms with Gasteiger partial charge in [-0.15, -0.1) is 0 Å². The standard InChI is InChI=1S/C22H32N4O2/c27-20(26-15-14-25-13-7-10-19(25)17-26)22(11-5-2-6-12-22)24-21(28)23-16-18-8-3-1-4-9-18/h1,3-4,8-9,19H,2,5-7,10-17H2,(H2,23,24,28)/t19-/m1/s1. The highest BCUT2D eigenvalue weighted by molar-refractivity contribution is 5.91. The molecular weight excluding hydrogens is 352 g/mol. The highest BCUT2D eigenvalue weighted by atomic mass is 16.2. The van der Waals surface area contributed by atoms with E-state index in [1.54, 1.807) is 0 Å². The van der Waals surface area contributed by atoms with E-state index in [1.165, 1.54) is 12.8 Å². The fraction of sp³-hybridized carbons (Fsp3) is 0.636. The minimum Gasteiger partial charge on any atom is -0.338 e. The lowest BCUT2D eigenvalue weighted by Crippen LogP contribution is -2.65. The number of piperazine rings is 1. The zero-order chi connectivity index (χ0) is 19.4. The first-order valence-electron chi connectivity index (χ1n) is 10.8. The average molecular weight is 385 g/mol. The maximum absolute atomic E-state index is 13.5. The van der Waals surface area contributed by atoms with Crippen LogP contribution < -0.4 is 10.6 Å². The molecule has 3 amide bonds. The topological polar surface area (TPSA) is 64.7 Å². The lowest BCUT2D eigenvalue weighted by molar-refractivity contribution is -0.142. The third-order valence-corrected chi connectivity index (χ3v) is 6.64. The first-order valence-corrected chi connectivity index (χ1v) is 10.8. The van der Waals surface area contributed by atoms with Gasteiger partial charge in [-0.05, 0) is 37.8 Å². The second-order valence-corrected chi connectivity index (χ2v) is 8.52. The number of nitrogens with one attached hydrogen (secondary N) is 2. The Balaban J connectivity index is 1.40. The Kier molecular flexibility index (Phi) is 5.85. The molecule has 0 radical (unpaired) electrons. The molecule has 1 atom stereocenters. The summed E-state index contributed by atoms with van der Waals surface area (Å²) in [6.45, 7) is 4.20. The van der Waals surface area contributed by atoms with Gasteiger partial charge in [0.1, 0.15) is 5.54 Å². The van der Waals surface area contributed by atoms with Crippen molar-refractivity contribution in [1.82, 2.24) is 20.4 Å². The van der Waals surface area contributed by atoms with E-state index in [0.717, 1.165) is 63.8 Å². The van der Waals surface area contributed by atoms with Crippen molar-refractivity contribution in [2.45, 2.75) is 63.1 Å². The van der Waals surface area contributed by atoms with Gasteiger partial charge >= 0.3 is 6.03 Å². The Hall–Kier alpha value is -2.08. The van der Waals surface area contributed by atoms with Gasteiger partial charge in [0.05, 0.1) is 0 Å². The molecule has 3 fully saturated rings. The van der Waals surface area contributed by atoms with Gasteiger partial charge in [-0.2, -0.15) is 0 Å². The van der Waals surface area contributed by atoms with E-state index in [9.17, 15) is 9.59 Å². The van der Waals surface area contributed by atoms with Crippen LogP contribution in [0.4, 0.5) is 4.79 Å². The Bertz CT molecular complexity index is 687. The van der Waals surface area contributed by atoms with Crippen molar-refractivity contribution in [3.8, 4) is 0 Å². The van der Waals surface area contributed by atoms with Crippen LogP contribution in [0, 0.1) is 0 Å². The molecule has 1 aromatic rings. The quantitative estimate of drug-likeness (QED) is 0.838. The number of carbonyl (C=O) groups is 2. The molecule has 4 rings (SSSR count). The third-order valence-electron chi connectivity index (χ3n) is 6.64. The first-order chi connectivity index (χ1) is 13.7. The van der Waals surface area contributed by atoms with Gasteiger partial charge in [-0.1, -0.05) is 49.6 Å². The molecule has 6 heteroatoms. The molecule has 0 unspecified atom stereocenters. The van der Waals surface area contributed by atoms with Crippen LogP contribution in [0.2, 0.25) is 0 Å². The van der Waals surface area contributed by atoms with Crippen molar-refractivity contribution < 1.29 is 9.59 Å². The molecule has 2 N–H and O–H groups in total. The SMILES string of the molecule is O=C(NCc1ccccc1)NC1(C(=O)N2CCN3CCC[C@@H]3C2)CCCCC1. The number of hydrogen-bond acceptors (Lipinski definition) is 3. The fourth-order valence-electron chi connectivity index (χ4n) is 5.07. The van der Waals surface area contributed by atoms with E-state index >= 15 is 0 Å². The smallest absolute Gasteiger partial charge is 0.315 e. The molecule has 3 aliphatic rings. The molecule has 0 bridgehead atoms. The predicted molar refractivity (Wildman–Crippen MR) is 109 cm³/mol. The Morgan fingerprint density at radius 1 is 1.00 bits per heavy atom. The summed E-state index contributed by atoms with van der Waals surface area (Å²) >= 11 is 0. The second-order valence-electron chi connectivity index (χ2n) is 8.52. The number of benzene rings is 1. The average Bonchev–Trinajstić information content (AvgIpc) is 3.21. The maximum Gasteiger partial charge on any atom is 0.315 e. The van der Waals surface area contributed by atoms with Gasteiger partial charge in [0.2, 0.25) is 5.91 Å². The van der Waals surface area contributed by atoms with Gasteiger partial charge < -0.3 is 15.5 Å². The van der Waals surface area contributed by atoms with Gasteiger partial charge in [-0.3, -0.25) is 9.69 Å². The zero-order valence-corrected chi connectivity index (χ0v) is 16.7. The van der Waals surface area contributed by atoms with Crippen molar-refractivity contribution in [3.05, 3.63) is 35.9 Å². The van der Waals surface area contributed by atoms with Crippen LogP contribution in [0.3, 0.4) is 0 Å². The van der Waals surface area contributed by atoms with E-state index in [2.05, 4.69) is 15.5 Å². The van der Waals surface area contributed by atoms with E-state index < -0.39 is 5.54 Å². The summed E-state index contributed by atoms with van der Waals surface area (Å²) in [4.78, 5) is 30.7. The van der Waals surface area contributed by atoms with Crippen LogP contribution in [0.25, 0.3) is 0 Å². The molecule has 0 aromatic heterocycles. The summed E-state index contributed by atoms with van der Waals surface area (Å²) < 4.78 is 0. The van der Waals surface area contributed by atoms with E-state index in [-0.39, 0.29) is 11.9 Å². The van der Waals surface area contributed by atoms with Gasteiger partial charge in [0, 0.05) is 32.2 Å². The first kappa shape index (κ1) is 19.2. The Labute approximate surface area is 167 Å². The van der Waals surface area contributed by atoms with Gasteiger partial charge in [0.25, 0.3) is 0 Å². The third kappa shape index (κ3) is 4.17. The lowest BCUT2D eigenvalue weighted by atomic mass is 9.80. The minimum absolute atomic E-state index is 0.133. The number of hydrogen-bond donors (Lipinski definition) is 2. The summed E-state index contributed by atoms with van der Waals surface area (Å²) in [5, 5.41) is 6.04. The number of carbonyl (C=O) groups excluding carboxylic acids is 2. The zero-order valence-electron chi connectivity index (χ0n) is 16.7. The molecule has 1 aromatic carbocycles. The molecule has 2 aliphatic heterocycles. The van der Waals surface area contributed by atoms with Crippen molar-refractivity contribution in [3.63, 3.8) is 0 Å². The normalized spacial score (nSPS) is 24.4. The molecule has 1 saturated carbocycles. The van der Waals surface area contributed by atoms with E-state index in [1.807, 2.05) is 35.2 Å². The Morgan fingerprint density at radius 2 is 1.79 bits per heavy atom. The molecule has 6 nitrogen and oxygen atoms in total. The van der Waals surface area contributed by atoms with Crippen LogP contribution in [-0.4, -0.2) is 59.5 Å². The molecule has 152 valence electrons. The number of urea groups is 1. The van der Waals surface area contributed by atoms with Gasteiger partial charge in [0.15, 0.2) is 0 Å². The summed E-state index contributed by atoms with van der Waals surface area (Å²) in [6, 6.07) is 10.1. The summed E-state index contributed by atoms with van der Waals surface area (Å²) in [5.41, 5.74) is 0.318. The lowest BCUT2D eigenvalue weighted by Gasteiger charge is -2.44. The number of amides is 3. The highest BCUT2D eigenvalue weighted by Crippen LogP contribution is 2.32. The van der Waals surface area contributed by atoms with Crippen LogP contribution in [0.5, 0.6) is 0 Å². The van der Waals surface area contributed by atoms with Crippen LogP contribution >= 0.6 is 0 Å². The molecule has 2 saturated heterocycles. The monoisotopic (exact) mass is 384 g/mol. The number of rotatable bonds is 4. The fourth-order valence-corrected chi connectivity index (χ4v) is 5.07. The highest BCUT2D eigenvalue weighted by Gasteiger charge is 2.45. The largest absolute Gasteiger partial charge is 0.338 e. The molecule has 28 heavy (non-hydrogen) atoms. The predicted octanol–water partition coefficient (Wildman–Crippen LogP) is 2.50. The maximum atomic E-state index is 13.5. The van der Waals surface area contributed by atoms with Crippen LogP contribution in [-0.2, 0) is 11.3 Å². The number of nitrogens with zero attached hydrogens (tertiary/aromatic N) is 2. The minimum atomic E-state index is -0.736. The number of fused-ring (bicyclic) bond motifs is 1. The van der Waals surface area contributed by atoms with E-state index in [0.29, 0.717) is 12.6 Å². The summed E-state index contributed by atoms with van der Waals surface area (Å²) in [5.74, 6) is 0.133. The van der Waals surface area contributed by atoms with Crippen molar-refractivity contribution >= 4 is 11.9 Å². The summed E-state index contributed by atoms with van der Waals surface area (Å²) in [7, 11) is 0. The molecular formula is C22H32N4O2. The second kappa shape index (κ2) is 8.52.